The van der Waals surface area contributed by atoms with Crippen LogP contribution in [0.2, 0.25) is 0 Å². The molecule has 29 heavy (non-hydrogen) atoms. The summed E-state index contributed by atoms with van der Waals surface area (Å²) in [7, 11) is 4.06. The number of aliphatic hydroxyl groups is 1. The number of benzene rings is 2. The molecular formula is C24H32N2O3. The van der Waals surface area contributed by atoms with Gasteiger partial charge in [-0.25, -0.2) is 0 Å². The number of likely N-dealkylation sites (N-methyl/N-ethyl adjacent to an activating group) is 1. The van der Waals surface area contributed by atoms with Gasteiger partial charge in [0.15, 0.2) is 0 Å². The maximum Gasteiger partial charge on any atom is 0.254 e. The van der Waals surface area contributed by atoms with Gasteiger partial charge in [-0.15, -0.1) is 0 Å². The maximum atomic E-state index is 13.6. The number of rotatable bonds is 4. The average molecular weight is 397 g/mol. The van der Waals surface area contributed by atoms with Gasteiger partial charge in [0, 0.05) is 24.6 Å². The minimum absolute atomic E-state index is 0.0274. The standard InChI is InChI=1S/C24H32N2O3/c1-17-13-26(18(2)15-27)24(28)22-12-8-7-11-21(22)20-10-6-5-9-19(20)16-29-23(17)14-25(3)4/h5-12,17-18,23,27H,13-16H2,1-4H3/t17-,18-,23-/m1/s1. The molecule has 156 valence electrons. The second kappa shape index (κ2) is 9.53. The van der Waals surface area contributed by atoms with Crippen LogP contribution >= 0.6 is 0 Å². The Labute approximate surface area is 173 Å². The van der Waals surface area contributed by atoms with Crippen LogP contribution in [0.3, 0.4) is 0 Å². The molecule has 1 aliphatic heterocycles. The van der Waals surface area contributed by atoms with Crippen LogP contribution in [0.15, 0.2) is 48.5 Å². The van der Waals surface area contributed by atoms with E-state index in [-0.39, 0.29) is 30.6 Å². The molecule has 0 spiro atoms. The molecule has 0 radical (unpaired) electrons. The Morgan fingerprint density at radius 1 is 1.10 bits per heavy atom. The molecule has 5 nitrogen and oxygen atoms in total. The molecule has 0 bridgehead atoms. The Bertz CT molecular complexity index is 836. The molecule has 1 aliphatic rings. The van der Waals surface area contributed by atoms with E-state index < -0.39 is 0 Å². The number of hydrogen-bond donors (Lipinski definition) is 1. The largest absolute Gasteiger partial charge is 0.394 e. The van der Waals surface area contributed by atoms with Crippen molar-refractivity contribution in [1.29, 1.82) is 0 Å². The van der Waals surface area contributed by atoms with Crippen molar-refractivity contribution < 1.29 is 14.6 Å². The van der Waals surface area contributed by atoms with Crippen LogP contribution in [0.25, 0.3) is 11.1 Å². The molecule has 2 aromatic rings. The lowest BCUT2D eigenvalue weighted by atomic mass is 9.94. The van der Waals surface area contributed by atoms with Gasteiger partial charge in [0.05, 0.1) is 25.4 Å². The van der Waals surface area contributed by atoms with E-state index in [1.54, 1.807) is 4.90 Å². The van der Waals surface area contributed by atoms with E-state index >= 15 is 0 Å². The van der Waals surface area contributed by atoms with Crippen molar-refractivity contribution in [3.63, 3.8) is 0 Å². The van der Waals surface area contributed by atoms with Gasteiger partial charge >= 0.3 is 0 Å². The van der Waals surface area contributed by atoms with Crippen LogP contribution in [0.5, 0.6) is 0 Å². The number of carbonyl (C=O) groups is 1. The first-order valence-electron chi connectivity index (χ1n) is 10.3. The second-order valence-corrected chi connectivity index (χ2v) is 8.28. The summed E-state index contributed by atoms with van der Waals surface area (Å²) in [6, 6.07) is 15.6. The van der Waals surface area contributed by atoms with E-state index in [1.165, 1.54) is 0 Å². The number of aliphatic hydroxyl groups excluding tert-OH is 1. The summed E-state index contributed by atoms with van der Waals surface area (Å²) >= 11 is 0. The Hall–Kier alpha value is -2.21. The van der Waals surface area contributed by atoms with Gasteiger partial charge in [-0.1, -0.05) is 49.4 Å². The third-order valence-corrected chi connectivity index (χ3v) is 5.64. The van der Waals surface area contributed by atoms with Crippen LogP contribution in [-0.4, -0.2) is 66.8 Å². The summed E-state index contributed by atoms with van der Waals surface area (Å²) in [4.78, 5) is 17.5. The van der Waals surface area contributed by atoms with Crippen LogP contribution in [0, 0.1) is 5.92 Å². The van der Waals surface area contributed by atoms with E-state index in [1.807, 2.05) is 63.5 Å². The molecule has 0 aromatic heterocycles. The summed E-state index contributed by atoms with van der Waals surface area (Å²) in [6.45, 7) is 5.74. The quantitative estimate of drug-likeness (QED) is 0.862. The normalized spacial score (nSPS) is 21.3. The van der Waals surface area contributed by atoms with Crippen molar-refractivity contribution in [2.75, 3.05) is 33.8 Å². The summed E-state index contributed by atoms with van der Waals surface area (Å²) in [6.07, 6.45) is -0.0274. The highest BCUT2D eigenvalue weighted by atomic mass is 16.5. The van der Waals surface area contributed by atoms with E-state index in [0.717, 1.165) is 23.2 Å². The Morgan fingerprint density at radius 3 is 2.38 bits per heavy atom. The van der Waals surface area contributed by atoms with Crippen molar-refractivity contribution in [2.24, 2.45) is 5.92 Å². The summed E-state index contributed by atoms with van der Waals surface area (Å²) < 4.78 is 6.39. The molecule has 1 amide bonds. The molecule has 3 atom stereocenters. The molecule has 2 aromatic carbocycles. The molecule has 0 fully saturated rings. The maximum absolute atomic E-state index is 13.6. The van der Waals surface area contributed by atoms with E-state index in [0.29, 0.717) is 18.7 Å². The lowest BCUT2D eigenvalue weighted by Crippen LogP contribution is -2.46. The molecule has 0 unspecified atom stereocenters. The van der Waals surface area contributed by atoms with Crippen LogP contribution in [0.4, 0.5) is 0 Å². The number of nitrogens with zero attached hydrogens (tertiary/aromatic N) is 2. The molecule has 3 rings (SSSR count). The van der Waals surface area contributed by atoms with Crippen molar-refractivity contribution in [3.05, 3.63) is 59.7 Å². The number of fused-ring (bicyclic) bond motifs is 3. The summed E-state index contributed by atoms with van der Waals surface area (Å²) in [5, 5.41) is 9.82. The van der Waals surface area contributed by atoms with Gasteiger partial charge in [0.1, 0.15) is 0 Å². The zero-order valence-electron chi connectivity index (χ0n) is 17.8. The van der Waals surface area contributed by atoms with Gasteiger partial charge in [-0.2, -0.15) is 0 Å². The van der Waals surface area contributed by atoms with Gasteiger partial charge in [0.25, 0.3) is 5.91 Å². The summed E-state index contributed by atoms with van der Waals surface area (Å²) in [5.41, 5.74) is 3.67. The molecule has 1 N–H and O–H groups in total. The van der Waals surface area contributed by atoms with Crippen molar-refractivity contribution in [3.8, 4) is 11.1 Å². The fourth-order valence-corrected chi connectivity index (χ4v) is 3.91. The number of amides is 1. The van der Waals surface area contributed by atoms with E-state index in [9.17, 15) is 9.90 Å². The Morgan fingerprint density at radius 2 is 1.72 bits per heavy atom. The zero-order chi connectivity index (χ0) is 21.0. The molecule has 0 saturated carbocycles. The minimum Gasteiger partial charge on any atom is -0.394 e. The monoisotopic (exact) mass is 396 g/mol. The van der Waals surface area contributed by atoms with Crippen molar-refractivity contribution >= 4 is 5.91 Å². The van der Waals surface area contributed by atoms with Gasteiger partial charge in [-0.05, 0) is 43.8 Å². The third kappa shape index (κ3) is 4.86. The molecular weight excluding hydrogens is 364 g/mol. The number of carbonyl (C=O) groups excluding carboxylic acids is 1. The fourth-order valence-electron chi connectivity index (χ4n) is 3.91. The molecule has 5 heteroatoms. The van der Waals surface area contributed by atoms with Gasteiger partial charge < -0.3 is 19.6 Å². The van der Waals surface area contributed by atoms with E-state index in [4.69, 9.17) is 4.74 Å². The first-order chi connectivity index (χ1) is 13.9. The highest BCUT2D eigenvalue weighted by molar-refractivity contribution is 6.01. The minimum atomic E-state index is -0.269. The van der Waals surface area contributed by atoms with Crippen molar-refractivity contribution in [1.82, 2.24) is 9.80 Å². The van der Waals surface area contributed by atoms with Crippen molar-refractivity contribution in [2.45, 2.75) is 32.6 Å². The first kappa shape index (κ1) is 21.5. The second-order valence-electron chi connectivity index (χ2n) is 8.28. The Kier molecular flexibility index (Phi) is 7.06. The highest BCUT2D eigenvalue weighted by Crippen LogP contribution is 2.31. The lowest BCUT2D eigenvalue weighted by Gasteiger charge is -2.34. The third-order valence-electron chi connectivity index (χ3n) is 5.64. The molecule has 0 aliphatic carbocycles. The Balaban J connectivity index is 2.13. The fraction of sp³-hybridized carbons (Fsp3) is 0.458. The SMILES string of the molecule is C[C@@H]1CN([C@H](C)CO)C(=O)c2ccccc2-c2ccccc2CO[C@@H]1CN(C)C. The predicted molar refractivity (Wildman–Crippen MR) is 116 cm³/mol. The number of ether oxygens (including phenoxy) is 1. The predicted octanol–water partition coefficient (Wildman–Crippen LogP) is 3.27. The number of hydrogen-bond acceptors (Lipinski definition) is 4. The topological polar surface area (TPSA) is 53.0 Å². The van der Waals surface area contributed by atoms with E-state index in [2.05, 4.69) is 17.9 Å². The highest BCUT2D eigenvalue weighted by Gasteiger charge is 2.30. The average Bonchev–Trinajstić information content (AvgIpc) is 2.74. The van der Waals surface area contributed by atoms with Crippen LogP contribution < -0.4 is 0 Å². The summed E-state index contributed by atoms with van der Waals surface area (Å²) in [5.74, 6) is 0.0714. The smallest absolute Gasteiger partial charge is 0.254 e. The molecule has 1 heterocycles. The van der Waals surface area contributed by atoms with Crippen LogP contribution in [0.1, 0.15) is 29.8 Å². The first-order valence-corrected chi connectivity index (χ1v) is 10.3. The molecule has 0 saturated heterocycles. The zero-order valence-corrected chi connectivity index (χ0v) is 17.8. The van der Waals surface area contributed by atoms with Crippen LogP contribution in [-0.2, 0) is 11.3 Å². The van der Waals surface area contributed by atoms with Gasteiger partial charge in [-0.3, -0.25) is 4.79 Å². The van der Waals surface area contributed by atoms with Gasteiger partial charge in [0.2, 0.25) is 0 Å². The lowest BCUT2D eigenvalue weighted by molar-refractivity contribution is -0.0201.